The topological polar surface area (TPSA) is 77.5 Å². The average molecular weight is 325 g/mol. The maximum Gasteiger partial charge on any atom is 0.268 e. The molecule has 100 valence electrons. The normalized spacial score (nSPS) is 10.4. The molecule has 2 aromatic rings. The number of carbonyl (C=O) groups is 1. The summed E-state index contributed by atoms with van der Waals surface area (Å²) >= 11 is 3.39. The molecule has 0 aliphatic rings. The second-order valence-electron chi connectivity index (χ2n) is 3.85. The van der Waals surface area contributed by atoms with E-state index in [-0.39, 0.29) is 6.61 Å². The number of hydrogen-bond donors (Lipinski definition) is 2. The quantitative estimate of drug-likeness (QED) is 0.503. The fraction of sp³-hybridized carbons (Fsp3) is 0.154. The Morgan fingerprint density at radius 2 is 2.21 bits per heavy atom. The number of carbonyl (C=O) groups excluding carboxylic acids is 1. The Labute approximate surface area is 118 Å². The molecule has 1 amide bonds. The van der Waals surface area contributed by atoms with Crippen molar-refractivity contribution >= 4 is 21.8 Å². The lowest BCUT2D eigenvalue weighted by Gasteiger charge is -2.05. The van der Waals surface area contributed by atoms with Gasteiger partial charge in [0.2, 0.25) is 0 Å². The molecule has 0 radical (unpaired) electrons. The van der Waals surface area contributed by atoms with Crippen LogP contribution >= 0.6 is 15.9 Å². The Hall–Kier alpha value is -1.63. The zero-order chi connectivity index (χ0) is 13.7. The number of hydrazine groups is 1. The third kappa shape index (κ3) is 3.66. The Morgan fingerprint density at radius 1 is 1.37 bits per heavy atom. The first kappa shape index (κ1) is 13.8. The first-order valence-corrected chi connectivity index (χ1v) is 6.39. The lowest BCUT2D eigenvalue weighted by atomic mass is 10.2. The summed E-state index contributed by atoms with van der Waals surface area (Å²) in [6, 6.07) is 9.36. The molecule has 0 aliphatic heterocycles. The van der Waals surface area contributed by atoms with Gasteiger partial charge in [0.1, 0.15) is 12.4 Å². The fourth-order valence-electron chi connectivity index (χ4n) is 1.62. The van der Waals surface area contributed by atoms with E-state index in [0.717, 1.165) is 10.0 Å². The van der Waals surface area contributed by atoms with Crippen LogP contribution in [0.3, 0.4) is 0 Å². The van der Waals surface area contributed by atoms with Gasteiger partial charge in [-0.3, -0.25) is 10.2 Å². The van der Waals surface area contributed by atoms with E-state index in [2.05, 4.69) is 21.4 Å². The van der Waals surface area contributed by atoms with Gasteiger partial charge in [-0.05, 0) is 23.8 Å². The minimum Gasteiger partial charge on any atom is -0.466 e. The highest BCUT2D eigenvalue weighted by Gasteiger charge is 2.13. The first-order valence-electron chi connectivity index (χ1n) is 5.60. The molecule has 0 unspecified atom stereocenters. The lowest BCUT2D eigenvalue weighted by Crippen LogP contribution is -2.30. The number of benzene rings is 1. The molecule has 0 aliphatic carbocycles. The van der Waals surface area contributed by atoms with E-state index in [1.165, 1.54) is 6.26 Å². The highest BCUT2D eigenvalue weighted by atomic mass is 79.9. The van der Waals surface area contributed by atoms with Gasteiger partial charge in [-0.25, -0.2) is 5.84 Å². The van der Waals surface area contributed by atoms with Crippen LogP contribution in [0, 0.1) is 0 Å². The predicted octanol–water partition coefficient (Wildman–Crippen LogP) is 2.36. The van der Waals surface area contributed by atoms with Crippen LogP contribution in [-0.2, 0) is 18.0 Å². The summed E-state index contributed by atoms with van der Waals surface area (Å²) in [5.41, 5.74) is 3.48. The van der Waals surface area contributed by atoms with Gasteiger partial charge in [0.25, 0.3) is 5.91 Å². The van der Waals surface area contributed by atoms with Crippen molar-refractivity contribution in [2.24, 2.45) is 5.84 Å². The van der Waals surface area contributed by atoms with E-state index in [1.807, 2.05) is 24.3 Å². The van der Waals surface area contributed by atoms with Crippen LogP contribution in [0.15, 0.2) is 45.5 Å². The van der Waals surface area contributed by atoms with Gasteiger partial charge < -0.3 is 9.15 Å². The van der Waals surface area contributed by atoms with Gasteiger partial charge in [0.15, 0.2) is 0 Å². The number of hydrogen-bond acceptors (Lipinski definition) is 4. The molecule has 1 heterocycles. The van der Waals surface area contributed by atoms with E-state index < -0.39 is 5.91 Å². The largest absolute Gasteiger partial charge is 0.466 e. The Kier molecular flexibility index (Phi) is 4.73. The Morgan fingerprint density at radius 3 is 2.95 bits per heavy atom. The summed E-state index contributed by atoms with van der Waals surface area (Å²) in [5, 5.41) is 0. The number of ether oxygens (including phenoxy) is 1. The van der Waals surface area contributed by atoms with Crippen LogP contribution in [0.25, 0.3) is 0 Å². The summed E-state index contributed by atoms with van der Waals surface area (Å²) in [4.78, 5) is 11.4. The van der Waals surface area contributed by atoms with Crippen LogP contribution in [-0.4, -0.2) is 5.91 Å². The molecular weight excluding hydrogens is 312 g/mol. The predicted molar refractivity (Wildman–Crippen MR) is 73.0 cm³/mol. The number of nitrogens with two attached hydrogens (primary N) is 1. The monoisotopic (exact) mass is 324 g/mol. The number of rotatable bonds is 5. The van der Waals surface area contributed by atoms with Crippen LogP contribution < -0.4 is 11.3 Å². The summed E-state index contributed by atoms with van der Waals surface area (Å²) in [5.74, 6) is 5.14. The standard InChI is InChI=1S/C13H13BrN2O3/c14-10-3-1-2-9(6-10)7-18-8-12-11(4-5-19-12)13(17)16-15/h1-6H,7-8,15H2,(H,16,17). The molecule has 0 bridgehead atoms. The van der Waals surface area contributed by atoms with Crippen molar-refractivity contribution in [1.82, 2.24) is 5.43 Å². The van der Waals surface area contributed by atoms with E-state index >= 15 is 0 Å². The molecule has 1 aromatic carbocycles. The average Bonchev–Trinajstić information content (AvgIpc) is 2.86. The summed E-state index contributed by atoms with van der Waals surface area (Å²) in [6.07, 6.45) is 1.43. The van der Waals surface area contributed by atoms with Crippen LogP contribution in [0.2, 0.25) is 0 Å². The number of nitrogen functional groups attached to an aromatic ring is 1. The van der Waals surface area contributed by atoms with E-state index in [4.69, 9.17) is 15.0 Å². The molecule has 6 heteroatoms. The van der Waals surface area contributed by atoms with Crippen molar-refractivity contribution in [3.05, 3.63) is 58.0 Å². The van der Waals surface area contributed by atoms with Gasteiger partial charge >= 0.3 is 0 Å². The lowest BCUT2D eigenvalue weighted by molar-refractivity contribution is 0.0870. The Bertz CT molecular complexity index is 569. The van der Waals surface area contributed by atoms with Crippen molar-refractivity contribution in [1.29, 1.82) is 0 Å². The number of amides is 1. The molecule has 5 nitrogen and oxygen atoms in total. The van der Waals surface area contributed by atoms with Crippen molar-refractivity contribution < 1.29 is 13.9 Å². The van der Waals surface area contributed by atoms with Crippen LogP contribution in [0.4, 0.5) is 0 Å². The molecule has 0 spiro atoms. The summed E-state index contributed by atoms with van der Waals surface area (Å²) in [7, 11) is 0. The zero-order valence-electron chi connectivity index (χ0n) is 10.1. The molecule has 0 atom stereocenters. The molecule has 2 rings (SSSR count). The van der Waals surface area contributed by atoms with Crippen molar-refractivity contribution in [3.8, 4) is 0 Å². The highest BCUT2D eigenvalue weighted by molar-refractivity contribution is 9.10. The highest BCUT2D eigenvalue weighted by Crippen LogP contribution is 2.15. The minimum absolute atomic E-state index is 0.211. The van der Waals surface area contributed by atoms with Crippen molar-refractivity contribution in [2.45, 2.75) is 13.2 Å². The second kappa shape index (κ2) is 6.51. The van der Waals surface area contributed by atoms with E-state index in [1.54, 1.807) is 6.07 Å². The Balaban J connectivity index is 1.93. The van der Waals surface area contributed by atoms with Crippen molar-refractivity contribution in [3.63, 3.8) is 0 Å². The molecule has 0 fully saturated rings. The zero-order valence-corrected chi connectivity index (χ0v) is 11.6. The molecular formula is C13H13BrN2O3. The van der Waals surface area contributed by atoms with Gasteiger partial charge in [-0.15, -0.1) is 0 Å². The molecule has 3 N–H and O–H groups in total. The maximum absolute atomic E-state index is 11.4. The third-order valence-corrected chi connectivity index (χ3v) is 3.01. The van der Waals surface area contributed by atoms with Crippen LogP contribution in [0.5, 0.6) is 0 Å². The SMILES string of the molecule is NNC(=O)c1ccoc1COCc1cccc(Br)c1. The van der Waals surface area contributed by atoms with Gasteiger partial charge in [-0.1, -0.05) is 28.1 Å². The summed E-state index contributed by atoms with van der Waals surface area (Å²) in [6.45, 7) is 0.645. The molecule has 19 heavy (non-hydrogen) atoms. The third-order valence-electron chi connectivity index (χ3n) is 2.51. The van der Waals surface area contributed by atoms with Crippen LogP contribution in [0.1, 0.15) is 21.7 Å². The van der Waals surface area contributed by atoms with E-state index in [9.17, 15) is 4.79 Å². The molecule has 1 aromatic heterocycles. The van der Waals surface area contributed by atoms with E-state index in [0.29, 0.717) is 17.9 Å². The van der Waals surface area contributed by atoms with Crippen molar-refractivity contribution in [2.75, 3.05) is 0 Å². The number of furan rings is 1. The molecule has 0 saturated heterocycles. The molecule has 0 saturated carbocycles. The fourth-order valence-corrected chi connectivity index (χ4v) is 2.07. The first-order chi connectivity index (χ1) is 9.20. The van der Waals surface area contributed by atoms with Gasteiger partial charge in [0.05, 0.1) is 18.4 Å². The minimum atomic E-state index is -0.394. The van der Waals surface area contributed by atoms with Gasteiger partial charge in [-0.2, -0.15) is 0 Å². The smallest absolute Gasteiger partial charge is 0.268 e. The summed E-state index contributed by atoms with van der Waals surface area (Å²) < 4.78 is 11.7. The maximum atomic E-state index is 11.4. The number of nitrogens with one attached hydrogen (secondary N) is 1. The second-order valence-corrected chi connectivity index (χ2v) is 4.77. The van der Waals surface area contributed by atoms with Gasteiger partial charge in [0, 0.05) is 4.47 Å². The number of halogens is 1.